The van der Waals surface area contributed by atoms with Crippen LogP contribution in [0, 0.1) is 13.8 Å². The van der Waals surface area contributed by atoms with Crippen LogP contribution in [0.2, 0.25) is 0 Å². The lowest BCUT2D eigenvalue weighted by Crippen LogP contribution is -2.31. The average Bonchev–Trinajstić information content (AvgIpc) is 2.26. The van der Waals surface area contributed by atoms with Crippen molar-refractivity contribution in [1.82, 2.24) is 5.32 Å². The average molecular weight is 236 g/mol. The molecule has 0 heterocycles. The number of rotatable bonds is 6. The normalized spacial score (nSPS) is 12.5. The van der Waals surface area contributed by atoms with Crippen molar-refractivity contribution in [2.24, 2.45) is 0 Å². The van der Waals surface area contributed by atoms with Gasteiger partial charge in [0.1, 0.15) is 0 Å². The number of benzene rings is 1. The lowest BCUT2D eigenvalue weighted by Gasteiger charge is -2.24. The molecule has 3 nitrogen and oxygen atoms in total. The van der Waals surface area contributed by atoms with Crippen LogP contribution in [-0.2, 0) is 0 Å². The van der Waals surface area contributed by atoms with Crippen molar-refractivity contribution in [3.05, 3.63) is 29.3 Å². The maximum absolute atomic E-state index is 9.88. The van der Waals surface area contributed by atoms with Crippen LogP contribution in [-0.4, -0.2) is 38.4 Å². The second-order valence-electron chi connectivity index (χ2n) is 4.72. The number of aliphatic hydroxyl groups is 1. The molecule has 1 unspecified atom stereocenters. The van der Waals surface area contributed by atoms with Crippen LogP contribution in [0.15, 0.2) is 18.2 Å². The van der Waals surface area contributed by atoms with Gasteiger partial charge in [-0.3, -0.25) is 0 Å². The topological polar surface area (TPSA) is 35.5 Å². The summed E-state index contributed by atoms with van der Waals surface area (Å²) >= 11 is 0. The van der Waals surface area contributed by atoms with Crippen molar-refractivity contribution >= 4 is 5.69 Å². The van der Waals surface area contributed by atoms with E-state index in [1.165, 1.54) is 16.8 Å². The highest BCUT2D eigenvalue weighted by Crippen LogP contribution is 2.20. The van der Waals surface area contributed by atoms with Gasteiger partial charge in [-0.05, 0) is 45.5 Å². The minimum atomic E-state index is -0.284. The minimum absolute atomic E-state index is 0.284. The minimum Gasteiger partial charge on any atom is -0.391 e. The molecule has 1 aromatic rings. The molecule has 0 bridgehead atoms. The first-order valence-electron chi connectivity index (χ1n) is 6.15. The van der Waals surface area contributed by atoms with Crippen LogP contribution in [0.4, 0.5) is 5.69 Å². The second-order valence-corrected chi connectivity index (χ2v) is 4.72. The Hall–Kier alpha value is -1.06. The van der Waals surface area contributed by atoms with Gasteiger partial charge in [0.2, 0.25) is 0 Å². The van der Waals surface area contributed by atoms with Crippen molar-refractivity contribution in [2.45, 2.75) is 26.4 Å². The monoisotopic (exact) mass is 236 g/mol. The van der Waals surface area contributed by atoms with Gasteiger partial charge < -0.3 is 15.3 Å². The van der Waals surface area contributed by atoms with E-state index in [0.29, 0.717) is 6.54 Å². The molecule has 0 radical (unpaired) electrons. The smallest absolute Gasteiger partial charge is 0.0727 e. The largest absolute Gasteiger partial charge is 0.391 e. The molecular weight excluding hydrogens is 212 g/mol. The number of anilines is 1. The van der Waals surface area contributed by atoms with Crippen LogP contribution in [0.1, 0.15) is 17.5 Å². The molecule has 0 saturated carbocycles. The van der Waals surface area contributed by atoms with Gasteiger partial charge in [-0.2, -0.15) is 0 Å². The molecule has 0 saturated heterocycles. The molecule has 1 aromatic carbocycles. The Labute approximate surface area is 104 Å². The Balaban J connectivity index is 2.60. The Morgan fingerprint density at radius 1 is 1.35 bits per heavy atom. The van der Waals surface area contributed by atoms with Gasteiger partial charge in [-0.25, -0.2) is 0 Å². The molecule has 17 heavy (non-hydrogen) atoms. The zero-order valence-corrected chi connectivity index (χ0v) is 11.3. The Bertz CT molecular complexity index is 352. The third kappa shape index (κ3) is 4.36. The summed E-state index contributed by atoms with van der Waals surface area (Å²) in [5.41, 5.74) is 3.72. The first-order valence-corrected chi connectivity index (χ1v) is 6.15. The predicted octanol–water partition coefficient (Wildman–Crippen LogP) is 1.71. The Kier molecular flexibility index (Phi) is 5.45. The molecule has 0 aromatic heterocycles. The highest BCUT2D eigenvalue weighted by molar-refractivity contribution is 5.53. The lowest BCUT2D eigenvalue weighted by atomic mass is 10.1. The van der Waals surface area contributed by atoms with Gasteiger partial charge in [0.25, 0.3) is 0 Å². The molecule has 0 aliphatic heterocycles. The summed E-state index contributed by atoms with van der Waals surface area (Å²) < 4.78 is 0. The van der Waals surface area contributed by atoms with Crippen LogP contribution in [0.3, 0.4) is 0 Å². The molecule has 0 spiro atoms. The second kappa shape index (κ2) is 6.62. The number of hydrogen-bond donors (Lipinski definition) is 2. The molecule has 2 N–H and O–H groups in total. The zero-order valence-electron chi connectivity index (χ0n) is 11.3. The highest BCUT2D eigenvalue weighted by atomic mass is 16.3. The maximum atomic E-state index is 9.88. The van der Waals surface area contributed by atoms with Crippen LogP contribution in [0.25, 0.3) is 0 Å². The molecule has 96 valence electrons. The van der Waals surface area contributed by atoms with E-state index in [2.05, 4.69) is 42.3 Å². The summed E-state index contributed by atoms with van der Waals surface area (Å²) in [6.07, 6.45) is 0.499. The Morgan fingerprint density at radius 2 is 2.06 bits per heavy atom. The van der Waals surface area contributed by atoms with Crippen LogP contribution >= 0.6 is 0 Å². The Morgan fingerprint density at radius 3 is 2.65 bits per heavy atom. The van der Waals surface area contributed by atoms with E-state index in [-0.39, 0.29) is 6.10 Å². The summed E-state index contributed by atoms with van der Waals surface area (Å²) in [6.45, 7) is 5.73. The van der Waals surface area contributed by atoms with Crippen molar-refractivity contribution in [1.29, 1.82) is 0 Å². The summed E-state index contributed by atoms with van der Waals surface area (Å²) in [6, 6.07) is 6.40. The van der Waals surface area contributed by atoms with E-state index in [4.69, 9.17) is 0 Å². The number of nitrogens with zero attached hydrogens (tertiary/aromatic N) is 1. The van der Waals surface area contributed by atoms with Crippen molar-refractivity contribution in [3.63, 3.8) is 0 Å². The molecule has 0 aliphatic carbocycles. The molecule has 1 atom stereocenters. The quantitative estimate of drug-likeness (QED) is 0.789. The fourth-order valence-electron chi connectivity index (χ4n) is 2.05. The molecular formula is C14H24N2O. The van der Waals surface area contributed by atoms with E-state index in [0.717, 1.165) is 13.0 Å². The molecule has 0 fully saturated rings. The van der Waals surface area contributed by atoms with Gasteiger partial charge >= 0.3 is 0 Å². The standard InChI is InChI=1S/C14H24N2O/c1-11-5-6-14(12(2)9-11)16(4)10-13(17)7-8-15-3/h5-6,9,13,15,17H,7-8,10H2,1-4H3. The summed E-state index contributed by atoms with van der Waals surface area (Å²) in [5, 5.41) is 12.9. The number of aryl methyl sites for hydroxylation is 2. The van der Waals surface area contributed by atoms with Gasteiger partial charge in [0, 0.05) is 19.3 Å². The van der Waals surface area contributed by atoms with E-state index in [9.17, 15) is 5.11 Å². The number of hydrogen-bond acceptors (Lipinski definition) is 3. The first kappa shape index (κ1) is 14.0. The van der Waals surface area contributed by atoms with Gasteiger partial charge in [-0.1, -0.05) is 17.7 Å². The maximum Gasteiger partial charge on any atom is 0.0727 e. The van der Waals surface area contributed by atoms with Crippen molar-refractivity contribution < 1.29 is 5.11 Å². The zero-order chi connectivity index (χ0) is 12.8. The predicted molar refractivity (Wildman–Crippen MR) is 73.7 cm³/mol. The molecule has 0 aliphatic rings. The SMILES string of the molecule is CNCCC(O)CN(C)c1ccc(C)cc1C. The molecule has 0 amide bonds. The van der Waals surface area contributed by atoms with Gasteiger partial charge in [0.15, 0.2) is 0 Å². The van der Waals surface area contributed by atoms with Crippen LogP contribution < -0.4 is 10.2 Å². The third-order valence-corrected chi connectivity index (χ3v) is 2.98. The van der Waals surface area contributed by atoms with E-state index in [1.807, 2.05) is 14.1 Å². The van der Waals surface area contributed by atoms with Gasteiger partial charge in [0.05, 0.1) is 6.10 Å². The number of likely N-dealkylation sites (N-methyl/N-ethyl adjacent to an activating group) is 1. The summed E-state index contributed by atoms with van der Waals surface area (Å²) in [4.78, 5) is 2.12. The first-order chi connectivity index (χ1) is 8.04. The van der Waals surface area contributed by atoms with Crippen LogP contribution in [0.5, 0.6) is 0 Å². The molecule has 3 heteroatoms. The number of aliphatic hydroxyl groups excluding tert-OH is 1. The highest BCUT2D eigenvalue weighted by Gasteiger charge is 2.10. The van der Waals surface area contributed by atoms with E-state index in [1.54, 1.807) is 0 Å². The summed E-state index contributed by atoms with van der Waals surface area (Å²) in [5.74, 6) is 0. The number of nitrogens with one attached hydrogen (secondary N) is 1. The van der Waals surface area contributed by atoms with E-state index < -0.39 is 0 Å². The molecule has 1 rings (SSSR count). The third-order valence-electron chi connectivity index (χ3n) is 2.98. The van der Waals surface area contributed by atoms with Crippen molar-refractivity contribution in [2.75, 3.05) is 32.1 Å². The lowest BCUT2D eigenvalue weighted by molar-refractivity contribution is 0.171. The fraction of sp³-hybridized carbons (Fsp3) is 0.571. The fourth-order valence-corrected chi connectivity index (χ4v) is 2.05. The van der Waals surface area contributed by atoms with E-state index >= 15 is 0 Å². The van der Waals surface area contributed by atoms with Gasteiger partial charge in [-0.15, -0.1) is 0 Å². The van der Waals surface area contributed by atoms with Crippen molar-refractivity contribution in [3.8, 4) is 0 Å². The summed E-state index contributed by atoms with van der Waals surface area (Å²) in [7, 11) is 3.93.